The van der Waals surface area contributed by atoms with Crippen molar-refractivity contribution in [2.75, 3.05) is 41.4 Å². The number of hydrogen-bond acceptors (Lipinski definition) is 4. The molecule has 0 aliphatic heterocycles. The summed E-state index contributed by atoms with van der Waals surface area (Å²) in [6.07, 6.45) is 0.972. The predicted octanol–water partition coefficient (Wildman–Crippen LogP) is 2.65. The number of nitrogens with one attached hydrogen (secondary N) is 2. The molecule has 0 saturated heterocycles. The quantitative estimate of drug-likeness (QED) is 0.727. The molecule has 0 aliphatic carbocycles. The van der Waals surface area contributed by atoms with Gasteiger partial charge in [-0.25, -0.2) is 4.79 Å². The van der Waals surface area contributed by atoms with E-state index in [1.54, 1.807) is 14.2 Å². The Labute approximate surface area is 145 Å². The Kier molecular flexibility index (Phi) is 8.40. The summed E-state index contributed by atoms with van der Waals surface area (Å²) in [7, 11) is 7.20. The minimum atomic E-state index is -0.136. The van der Waals surface area contributed by atoms with Crippen LogP contribution in [0.2, 0.25) is 0 Å². The van der Waals surface area contributed by atoms with Crippen LogP contribution in [0.25, 0.3) is 0 Å². The first-order valence-electron chi connectivity index (χ1n) is 8.29. The van der Waals surface area contributed by atoms with Gasteiger partial charge in [-0.05, 0) is 44.1 Å². The summed E-state index contributed by atoms with van der Waals surface area (Å²) in [5.41, 5.74) is 1.06. The van der Waals surface area contributed by atoms with Gasteiger partial charge in [0.15, 0.2) is 11.5 Å². The number of methoxy groups -OCH3 is 2. The van der Waals surface area contributed by atoms with E-state index in [1.807, 2.05) is 32.3 Å². The number of carbonyl (C=O) groups is 1. The Hall–Kier alpha value is -1.95. The van der Waals surface area contributed by atoms with Crippen molar-refractivity contribution in [3.63, 3.8) is 0 Å². The van der Waals surface area contributed by atoms with E-state index in [2.05, 4.69) is 29.4 Å². The van der Waals surface area contributed by atoms with Gasteiger partial charge < -0.3 is 25.0 Å². The number of carbonyl (C=O) groups excluding carboxylic acids is 1. The average Bonchev–Trinajstić information content (AvgIpc) is 2.54. The van der Waals surface area contributed by atoms with Crippen LogP contribution in [0.15, 0.2) is 18.2 Å². The lowest BCUT2D eigenvalue weighted by Crippen LogP contribution is -2.41. The van der Waals surface area contributed by atoms with E-state index in [0.29, 0.717) is 30.5 Å². The summed E-state index contributed by atoms with van der Waals surface area (Å²) < 4.78 is 10.6. The van der Waals surface area contributed by atoms with Gasteiger partial charge in [0.1, 0.15) is 0 Å². The largest absolute Gasteiger partial charge is 0.493 e. The molecule has 136 valence electrons. The molecule has 1 atom stereocenters. The van der Waals surface area contributed by atoms with Gasteiger partial charge in [0.05, 0.1) is 20.3 Å². The third-order valence-corrected chi connectivity index (χ3v) is 3.88. The molecule has 2 N–H and O–H groups in total. The van der Waals surface area contributed by atoms with Gasteiger partial charge in [-0.2, -0.15) is 0 Å². The van der Waals surface area contributed by atoms with Crippen molar-refractivity contribution in [3.8, 4) is 11.5 Å². The van der Waals surface area contributed by atoms with E-state index in [1.165, 1.54) is 0 Å². The van der Waals surface area contributed by atoms with Gasteiger partial charge in [-0.15, -0.1) is 0 Å². The summed E-state index contributed by atoms with van der Waals surface area (Å²) >= 11 is 0. The van der Waals surface area contributed by atoms with Crippen LogP contribution in [0.3, 0.4) is 0 Å². The highest BCUT2D eigenvalue weighted by molar-refractivity contribution is 5.73. The molecule has 6 nitrogen and oxygen atoms in total. The number of rotatable bonds is 9. The van der Waals surface area contributed by atoms with Gasteiger partial charge in [-0.3, -0.25) is 0 Å². The fourth-order valence-corrected chi connectivity index (χ4v) is 2.38. The number of benzene rings is 1. The second-order valence-electron chi connectivity index (χ2n) is 6.41. The van der Waals surface area contributed by atoms with Crippen molar-refractivity contribution in [3.05, 3.63) is 23.8 Å². The standard InChI is InChI=1S/C18H31N3O3/c1-13(2)9-10-19-18(22)20-12-15(21(3)4)14-7-8-16(23-5)17(11-14)24-6/h7-8,11,13,15H,9-10,12H2,1-6H3,(H2,19,20,22). The Balaban J connectivity index is 2.69. The molecular formula is C18H31N3O3. The van der Waals surface area contributed by atoms with Crippen molar-refractivity contribution in [1.29, 1.82) is 0 Å². The van der Waals surface area contributed by atoms with Crippen LogP contribution in [0, 0.1) is 5.92 Å². The van der Waals surface area contributed by atoms with Crippen LogP contribution in [0.4, 0.5) is 4.79 Å². The molecule has 24 heavy (non-hydrogen) atoms. The number of ether oxygens (including phenoxy) is 2. The minimum absolute atomic E-state index is 0.0423. The number of urea groups is 1. The van der Waals surface area contributed by atoms with Crippen molar-refractivity contribution >= 4 is 6.03 Å². The first-order chi connectivity index (χ1) is 11.4. The van der Waals surface area contributed by atoms with Crippen LogP contribution >= 0.6 is 0 Å². The van der Waals surface area contributed by atoms with Gasteiger partial charge in [0.2, 0.25) is 0 Å². The van der Waals surface area contributed by atoms with Gasteiger partial charge in [-0.1, -0.05) is 19.9 Å². The summed E-state index contributed by atoms with van der Waals surface area (Å²) in [5, 5.41) is 5.83. The Morgan fingerprint density at radius 1 is 1.12 bits per heavy atom. The molecule has 0 bridgehead atoms. The Bertz CT molecular complexity index is 518. The maximum absolute atomic E-state index is 11.9. The molecule has 2 amide bonds. The predicted molar refractivity (Wildman–Crippen MR) is 96.8 cm³/mol. The van der Waals surface area contributed by atoms with Crippen LogP contribution in [0.1, 0.15) is 31.9 Å². The zero-order valence-corrected chi connectivity index (χ0v) is 15.7. The monoisotopic (exact) mass is 337 g/mol. The number of amides is 2. The average molecular weight is 337 g/mol. The molecule has 1 aromatic carbocycles. The van der Waals surface area contributed by atoms with E-state index in [-0.39, 0.29) is 12.1 Å². The van der Waals surface area contributed by atoms with E-state index in [9.17, 15) is 4.79 Å². The molecule has 1 rings (SSSR count). The van der Waals surface area contributed by atoms with Gasteiger partial charge in [0.25, 0.3) is 0 Å². The second-order valence-corrected chi connectivity index (χ2v) is 6.41. The number of nitrogens with zero attached hydrogens (tertiary/aromatic N) is 1. The van der Waals surface area contributed by atoms with Gasteiger partial charge in [0, 0.05) is 13.1 Å². The fraction of sp³-hybridized carbons (Fsp3) is 0.611. The third-order valence-electron chi connectivity index (χ3n) is 3.88. The topological polar surface area (TPSA) is 62.8 Å². The zero-order chi connectivity index (χ0) is 18.1. The number of hydrogen-bond donors (Lipinski definition) is 2. The van der Waals surface area contributed by atoms with E-state index >= 15 is 0 Å². The van der Waals surface area contributed by atoms with E-state index < -0.39 is 0 Å². The summed E-state index contributed by atoms with van der Waals surface area (Å²) in [4.78, 5) is 14.0. The molecule has 1 unspecified atom stereocenters. The molecule has 0 aromatic heterocycles. The molecule has 1 aromatic rings. The summed E-state index contributed by atoms with van der Waals surface area (Å²) in [6, 6.07) is 5.73. The highest BCUT2D eigenvalue weighted by Gasteiger charge is 2.17. The Morgan fingerprint density at radius 3 is 2.33 bits per heavy atom. The summed E-state index contributed by atoms with van der Waals surface area (Å²) in [5.74, 6) is 1.95. The van der Waals surface area contributed by atoms with Crippen molar-refractivity contribution in [1.82, 2.24) is 15.5 Å². The lowest BCUT2D eigenvalue weighted by molar-refractivity contribution is 0.232. The van der Waals surface area contributed by atoms with Crippen LogP contribution in [-0.4, -0.2) is 52.3 Å². The maximum Gasteiger partial charge on any atom is 0.314 e. The van der Waals surface area contributed by atoms with E-state index in [0.717, 1.165) is 12.0 Å². The maximum atomic E-state index is 11.9. The minimum Gasteiger partial charge on any atom is -0.493 e. The molecule has 0 heterocycles. The molecule has 0 aliphatic rings. The first-order valence-corrected chi connectivity index (χ1v) is 8.29. The molecule has 0 radical (unpaired) electrons. The SMILES string of the molecule is COc1ccc(C(CNC(=O)NCCC(C)C)N(C)C)cc1OC. The van der Waals surface area contributed by atoms with Crippen molar-refractivity contribution in [2.45, 2.75) is 26.3 Å². The smallest absolute Gasteiger partial charge is 0.314 e. The second kappa shape index (κ2) is 10.0. The lowest BCUT2D eigenvalue weighted by Gasteiger charge is -2.26. The highest BCUT2D eigenvalue weighted by Crippen LogP contribution is 2.31. The Morgan fingerprint density at radius 2 is 1.79 bits per heavy atom. The van der Waals surface area contributed by atoms with Gasteiger partial charge >= 0.3 is 6.03 Å². The lowest BCUT2D eigenvalue weighted by atomic mass is 10.1. The highest BCUT2D eigenvalue weighted by atomic mass is 16.5. The van der Waals surface area contributed by atoms with E-state index in [4.69, 9.17) is 9.47 Å². The summed E-state index contributed by atoms with van der Waals surface area (Å²) in [6.45, 7) is 5.47. The molecule has 0 saturated carbocycles. The normalized spacial score (nSPS) is 12.2. The third kappa shape index (κ3) is 6.28. The first kappa shape index (κ1) is 20.1. The number of likely N-dealkylation sites (N-methyl/N-ethyl adjacent to an activating group) is 1. The molecular weight excluding hydrogens is 306 g/mol. The molecule has 6 heteroatoms. The fourth-order valence-electron chi connectivity index (χ4n) is 2.38. The van der Waals surface area contributed by atoms with Crippen molar-refractivity contribution in [2.24, 2.45) is 5.92 Å². The molecule has 0 spiro atoms. The van der Waals surface area contributed by atoms with Crippen LogP contribution < -0.4 is 20.1 Å². The van der Waals surface area contributed by atoms with Crippen LogP contribution in [-0.2, 0) is 0 Å². The van der Waals surface area contributed by atoms with Crippen LogP contribution in [0.5, 0.6) is 11.5 Å². The molecule has 0 fully saturated rings. The van der Waals surface area contributed by atoms with Crippen molar-refractivity contribution < 1.29 is 14.3 Å². The zero-order valence-electron chi connectivity index (χ0n) is 15.7.